The zero-order valence-electron chi connectivity index (χ0n) is 12.3. The highest BCUT2D eigenvalue weighted by Gasteiger charge is 2.05. The van der Waals surface area contributed by atoms with Crippen molar-refractivity contribution in [2.24, 2.45) is 0 Å². The van der Waals surface area contributed by atoms with Gasteiger partial charge in [0.2, 0.25) is 0 Å². The highest BCUT2D eigenvalue weighted by atomic mass is 32.2. The van der Waals surface area contributed by atoms with Crippen molar-refractivity contribution in [3.05, 3.63) is 72.3 Å². The number of rotatable bonds is 4. The van der Waals surface area contributed by atoms with E-state index < -0.39 is 9.84 Å². The summed E-state index contributed by atoms with van der Waals surface area (Å²) in [5.74, 6) is 0. The van der Waals surface area contributed by atoms with Gasteiger partial charge in [0.1, 0.15) is 0 Å². The summed E-state index contributed by atoms with van der Waals surface area (Å²) in [6.07, 6.45) is 1.22. The van der Waals surface area contributed by atoms with E-state index in [4.69, 9.17) is 0 Å². The summed E-state index contributed by atoms with van der Waals surface area (Å²) >= 11 is 0. The monoisotopic (exact) mass is 311 g/mol. The van der Waals surface area contributed by atoms with E-state index in [-0.39, 0.29) is 0 Å². The van der Waals surface area contributed by atoms with Crippen LogP contribution in [-0.4, -0.2) is 14.7 Å². The number of sulfone groups is 1. The Kier molecular flexibility index (Phi) is 3.86. The van der Waals surface area contributed by atoms with E-state index in [1.54, 1.807) is 12.1 Å². The lowest BCUT2D eigenvalue weighted by molar-refractivity contribution is 0.602. The molecule has 0 aliphatic heterocycles. The normalized spacial score (nSPS) is 11.5. The number of anilines is 1. The van der Waals surface area contributed by atoms with Gasteiger partial charge in [-0.3, -0.25) is 0 Å². The van der Waals surface area contributed by atoms with Crippen LogP contribution in [0.3, 0.4) is 0 Å². The Morgan fingerprint density at radius 1 is 0.864 bits per heavy atom. The molecule has 0 saturated carbocycles. The molecule has 0 aromatic heterocycles. The number of nitrogens with one attached hydrogen (secondary N) is 1. The Bertz CT molecular complexity index is 900. The molecule has 3 aromatic rings. The third-order valence-electron chi connectivity index (χ3n) is 3.60. The highest BCUT2D eigenvalue weighted by Crippen LogP contribution is 2.19. The minimum absolute atomic E-state index is 0.349. The second kappa shape index (κ2) is 5.81. The topological polar surface area (TPSA) is 46.2 Å². The lowest BCUT2D eigenvalue weighted by atomic mass is 10.1. The first-order chi connectivity index (χ1) is 10.5. The van der Waals surface area contributed by atoms with Gasteiger partial charge >= 0.3 is 0 Å². The fraction of sp³-hybridized carbons (Fsp3) is 0.111. The molecule has 0 radical (unpaired) electrons. The SMILES string of the molecule is CS(=O)(=O)c1ccc(CNc2ccc3ccccc3c2)cc1. The molecule has 0 saturated heterocycles. The third kappa shape index (κ3) is 3.28. The molecule has 0 aliphatic rings. The van der Waals surface area contributed by atoms with E-state index >= 15 is 0 Å². The standard InChI is InChI=1S/C18H17NO2S/c1-22(20,21)18-10-6-14(7-11-18)13-19-17-9-8-15-4-2-3-5-16(15)12-17/h2-12,19H,13H2,1H3. The molecule has 0 unspecified atom stereocenters. The first-order valence-corrected chi connectivity index (χ1v) is 8.93. The van der Waals surface area contributed by atoms with E-state index in [2.05, 4.69) is 29.6 Å². The summed E-state index contributed by atoms with van der Waals surface area (Å²) in [4.78, 5) is 0.349. The first kappa shape index (κ1) is 14.6. The zero-order valence-corrected chi connectivity index (χ0v) is 13.1. The van der Waals surface area contributed by atoms with Crippen molar-refractivity contribution >= 4 is 26.3 Å². The van der Waals surface area contributed by atoms with Gasteiger partial charge in [0.15, 0.2) is 9.84 Å². The van der Waals surface area contributed by atoms with E-state index in [0.717, 1.165) is 11.3 Å². The number of hydrogen-bond donors (Lipinski definition) is 1. The molecule has 0 atom stereocenters. The van der Waals surface area contributed by atoms with Crippen molar-refractivity contribution in [1.29, 1.82) is 0 Å². The Hall–Kier alpha value is -2.33. The van der Waals surface area contributed by atoms with Gasteiger partial charge in [-0.15, -0.1) is 0 Å². The summed E-state index contributed by atoms with van der Waals surface area (Å²) < 4.78 is 22.9. The average molecular weight is 311 g/mol. The van der Waals surface area contributed by atoms with E-state index in [9.17, 15) is 8.42 Å². The minimum Gasteiger partial charge on any atom is -0.381 e. The highest BCUT2D eigenvalue weighted by molar-refractivity contribution is 7.90. The molecule has 0 spiro atoms. The lowest BCUT2D eigenvalue weighted by Gasteiger charge is -2.08. The summed E-state index contributed by atoms with van der Waals surface area (Å²) in [5, 5.41) is 5.77. The minimum atomic E-state index is -3.13. The van der Waals surface area contributed by atoms with E-state index in [1.807, 2.05) is 30.3 Å². The molecule has 3 nitrogen and oxygen atoms in total. The average Bonchev–Trinajstić information content (AvgIpc) is 2.52. The van der Waals surface area contributed by atoms with Crippen molar-refractivity contribution in [3.63, 3.8) is 0 Å². The van der Waals surface area contributed by atoms with Crippen LogP contribution >= 0.6 is 0 Å². The molecule has 0 bridgehead atoms. The van der Waals surface area contributed by atoms with Gasteiger partial charge in [-0.2, -0.15) is 0 Å². The van der Waals surface area contributed by atoms with Crippen LogP contribution in [0.2, 0.25) is 0 Å². The van der Waals surface area contributed by atoms with Gasteiger partial charge < -0.3 is 5.32 Å². The van der Waals surface area contributed by atoms with Crippen LogP contribution in [0.15, 0.2) is 71.6 Å². The molecule has 0 heterocycles. The van der Waals surface area contributed by atoms with E-state index in [1.165, 1.54) is 17.0 Å². The zero-order chi connectivity index (χ0) is 15.6. The Morgan fingerprint density at radius 2 is 1.55 bits per heavy atom. The summed E-state index contributed by atoms with van der Waals surface area (Å²) in [5.41, 5.74) is 2.09. The van der Waals surface area contributed by atoms with Crippen LogP contribution in [0, 0.1) is 0 Å². The molecular formula is C18H17NO2S. The summed E-state index contributed by atoms with van der Waals surface area (Å²) in [6, 6.07) is 21.4. The van der Waals surface area contributed by atoms with Gasteiger partial charge in [-0.05, 0) is 40.6 Å². The van der Waals surface area contributed by atoms with Crippen LogP contribution in [-0.2, 0) is 16.4 Å². The predicted octanol–water partition coefficient (Wildman–Crippen LogP) is 3.86. The predicted molar refractivity (Wildman–Crippen MR) is 90.8 cm³/mol. The van der Waals surface area contributed by atoms with Gasteiger partial charge in [0.05, 0.1) is 4.90 Å². The molecule has 3 aromatic carbocycles. The molecule has 112 valence electrons. The van der Waals surface area contributed by atoms with Crippen molar-refractivity contribution in [2.45, 2.75) is 11.4 Å². The number of hydrogen-bond acceptors (Lipinski definition) is 3. The van der Waals surface area contributed by atoms with Gasteiger partial charge in [-0.25, -0.2) is 8.42 Å². The van der Waals surface area contributed by atoms with Crippen LogP contribution < -0.4 is 5.32 Å². The fourth-order valence-corrected chi connectivity index (χ4v) is 2.99. The van der Waals surface area contributed by atoms with Crippen molar-refractivity contribution < 1.29 is 8.42 Å². The molecule has 0 amide bonds. The number of fused-ring (bicyclic) bond motifs is 1. The molecule has 0 aliphatic carbocycles. The van der Waals surface area contributed by atoms with Crippen LogP contribution in [0.25, 0.3) is 10.8 Å². The maximum absolute atomic E-state index is 11.4. The Balaban J connectivity index is 1.73. The van der Waals surface area contributed by atoms with Crippen LogP contribution in [0.1, 0.15) is 5.56 Å². The second-order valence-corrected chi connectivity index (χ2v) is 7.35. The Morgan fingerprint density at radius 3 is 2.23 bits per heavy atom. The second-order valence-electron chi connectivity index (χ2n) is 5.33. The quantitative estimate of drug-likeness (QED) is 0.796. The maximum atomic E-state index is 11.4. The van der Waals surface area contributed by atoms with Gasteiger partial charge in [-0.1, -0.05) is 42.5 Å². The first-order valence-electron chi connectivity index (χ1n) is 7.04. The largest absolute Gasteiger partial charge is 0.381 e. The summed E-state index contributed by atoms with van der Waals surface area (Å²) in [7, 11) is -3.13. The third-order valence-corrected chi connectivity index (χ3v) is 4.73. The molecule has 3 rings (SSSR count). The van der Waals surface area contributed by atoms with Crippen LogP contribution in [0.4, 0.5) is 5.69 Å². The lowest BCUT2D eigenvalue weighted by Crippen LogP contribution is -2.01. The smallest absolute Gasteiger partial charge is 0.175 e. The molecule has 4 heteroatoms. The van der Waals surface area contributed by atoms with Crippen LogP contribution in [0.5, 0.6) is 0 Å². The van der Waals surface area contributed by atoms with Gasteiger partial charge in [0.25, 0.3) is 0 Å². The fourth-order valence-electron chi connectivity index (χ4n) is 2.36. The van der Waals surface area contributed by atoms with E-state index in [0.29, 0.717) is 11.4 Å². The molecule has 1 N–H and O–H groups in total. The molecule has 22 heavy (non-hydrogen) atoms. The van der Waals surface area contributed by atoms with Crippen molar-refractivity contribution in [1.82, 2.24) is 0 Å². The van der Waals surface area contributed by atoms with Gasteiger partial charge in [0, 0.05) is 18.5 Å². The van der Waals surface area contributed by atoms with Crippen molar-refractivity contribution in [2.75, 3.05) is 11.6 Å². The van der Waals surface area contributed by atoms with Crippen molar-refractivity contribution in [3.8, 4) is 0 Å². The molecular weight excluding hydrogens is 294 g/mol. The summed E-state index contributed by atoms with van der Waals surface area (Å²) in [6.45, 7) is 0.655. The molecule has 0 fully saturated rings. The maximum Gasteiger partial charge on any atom is 0.175 e. The number of benzene rings is 3. The Labute approximate surface area is 130 Å².